The van der Waals surface area contributed by atoms with Crippen LogP contribution in [0.1, 0.15) is 5.69 Å². The van der Waals surface area contributed by atoms with E-state index in [2.05, 4.69) is 25.0 Å². The standard InChI is InChI=1S/C26H22F3N5O3/c1-16-13-17(9-10-30-16)19-8-7-18(14-22(19)35-2)32-25-31-15-23-24(33-25)34(11-12-36-23)20-5-3-4-6-21(20)37-26(27,28)29/h3-10,13-15H,11-12H2,1-2H3,(H,31,32,33). The van der Waals surface area contributed by atoms with Crippen molar-refractivity contribution in [1.29, 1.82) is 0 Å². The van der Waals surface area contributed by atoms with Crippen molar-refractivity contribution in [1.82, 2.24) is 15.0 Å². The van der Waals surface area contributed by atoms with Crippen molar-refractivity contribution in [3.63, 3.8) is 0 Å². The second kappa shape index (κ2) is 9.84. The zero-order valence-electron chi connectivity index (χ0n) is 19.9. The second-order valence-electron chi connectivity index (χ2n) is 8.12. The number of hydrogen-bond donors (Lipinski definition) is 1. The number of nitrogens with zero attached hydrogens (tertiary/aromatic N) is 4. The Kier molecular flexibility index (Phi) is 6.43. The Balaban J connectivity index is 1.45. The summed E-state index contributed by atoms with van der Waals surface area (Å²) in [4.78, 5) is 14.7. The highest BCUT2D eigenvalue weighted by Crippen LogP contribution is 2.41. The Bertz CT molecular complexity index is 1430. The van der Waals surface area contributed by atoms with Gasteiger partial charge >= 0.3 is 6.36 Å². The molecule has 0 aliphatic carbocycles. The predicted molar refractivity (Wildman–Crippen MR) is 132 cm³/mol. The van der Waals surface area contributed by atoms with Crippen molar-refractivity contribution >= 4 is 23.1 Å². The van der Waals surface area contributed by atoms with Gasteiger partial charge in [0.25, 0.3) is 0 Å². The molecule has 0 fully saturated rings. The maximum absolute atomic E-state index is 13.0. The van der Waals surface area contributed by atoms with Gasteiger partial charge in [-0.15, -0.1) is 13.2 Å². The van der Waals surface area contributed by atoms with Gasteiger partial charge in [0, 0.05) is 29.2 Å². The zero-order chi connectivity index (χ0) is 26.0. The van der Waals surface area contributed by atoms with Crippen molar-refractivity contribution in [3.05, 3.63) is 72.7 Å². The SMILES string of the molecule is COc1cc(Nc2ncc3c(n2)N(c2ccccc2OC(F)(F)F)CCO3)ccc1-c1ccnc(C)c1. The predicted octanol–water partition coefficient (Wildman–Crippen LogP) is 6.03. The number of ether oxygens (including phenoxy) is 3. The fourth-order valence-corrected chi connectivity index (χ4v) is 4.05. The maximum Gasteiger partial charge on any atom is 0.573 e. The second-order valence-corrected chi connectivity index (χ2v) is 8.12. The number of nitrogens with one attached hydrogen (secondary N) is 1. The van der Waals surface area contributed by atoms with Gasteiger partial charge in [0.15, 0.2) is 17.3 Å². The number of benzene rings is 2. The molecule has 4 aromatic rings. The summed E-state index contributed by atoms with van der Waals surface area (Å²) in [5, 5.41) is 3.14. The van der Waals surface area contributed by atoms with Gasteiger partial charge in [0.05, 0.1) is 25.5 Å². The van der Waals surface area contributed by atoms with Gasteiger partial charge in [-0.3, -0.25) is 4.98 Å². The van der Waals surface area contributed by atoms with Crippen LogP contribution in [0.5, 0.6) is 17.2 Å². The molecule has 0 saturated heterocycles. The molecule has 0 bridgehead atoms. The van der Waals surface area contributed by atoms with E-state index in [1.54, 1.807) is 24.3 Å². The average Bonchev–Trinajstić information content (AvgIpc) is 2.88. The van der Waals surface area contributed by atoms with Crippen LogP contribution in [0, 0.1) is 6.92 Å². The maximum atomic E-state index is 13.0. The van der Waals surface area contributed by atoms with Crippen LogP contribution < -0.4 is 24.4 Å². The summed E-state index contributed by atoms with van der Waals surface area (Å²) in [7, 11) is 1.59. The van der Waals surface area contributed by atoms with E-state index in [-0.39, 0.29) is 30.5 Å². The Morgan fingerprint density at radius 2 is 1.86 bits per heavy atom. The molecule has 0 atom stereocenters. The minimum atomic E-state index is -4.83. The molecule has 0 unspecified atom stereocenters. The lowest BCUT2D eigenvalue weighted by molar-refractivity contribution is -0.274. The van der Waals surface area contributed by atoms with Crippen molar-refractivity contribution in [2.24, 2.45) is 0 Å². The molecule has 5 rings (SSSR count). The molecule has 3 heterocycles. The molecular weight excluding hydrogens is 487 g/mol. The highest BCUT2D eigenvalue weighted by Gasteiger charge is 2.34. The lowest BCUT2D eigenvalue weighted by Gasteiger charge is -2.31. The highest BCUT2D eigenvalue weighted by atomic mass is 19.4. The lowest BCUT2D eigenvalue weighted by atomic mass is 10.0. The van der Waals surface area contributed by atoms with Crippen molar-refractivity contribution in [2.45, 2.75) is 13.3 Å². The fourth-order valence-electron chi connectivity index (χ4n) is 4.05. The molecule has 0 spiro atoms. The molecule has 0 saturated carbocycles. The summed E-state index contributed by atoms with van der Waals surface area (Å²) < 4.78 is 54.5. The van der Waals surface area contributed by atoms with Gasteiger partial charge in [-0.1, -0.05) is 12.1 Å². The fraction of sp³-hybridized carbons (Fsp3) is 0.192. The molecule has 37 heavy (non-hydrogen) atoms. The van der Waals surface area contributed by atoms with Gasteiger partial charge in [-0.05, 0) is 48.9 Å². The first-order chi connectivity index (χ1) is 17.8. The Labute approximate surface area is 210 Å². The van der Waals surface area contributed by atoms with E-state index in [0.29, 0.717) is 23.0 Å². The van der Waals surface area contributed by atoms with Crippen molar-refractivity contribution < 1.29 is 27.4 Å². The van der Waals surface area contributed by atoms with E-state index < -0.39 is 6.36 Å². The molecule has 190 valence electrons. The molecular formula is C26H22F3N5O3. The van der Waals surface area contributed by atoms with Crippen LogP contribution in [-0.4, -0.2) is 41.6 Å². The van der Waals surface area contributed by atoms with Crippen LogP contribution in [0.15, 0.2) is 67.0 Å². The summed E-state index contributed by atoms with van der Waals surface area (Å²) in [5.74, 6) is 1.20. The van der Waals surface area contributed by atoms with E-state index in [9.17, 15) is 13.2 Å². The van der Waals surface area contributed by atoms with E-state index in [4.69, 9.17) is 9.47 Å². The number of anilines is 4. The molecule has 2 aromatic heterocycles. The number of rotatable bonds is 6. The number of aryl methyl sites for hydroxylation is 1. The van der Waals surface area contributed by atoms with Crippen LogP contribution >= 0.6 is 0 Å². The molecule has 1 aliphatic rings. The van der Waals surface area contributed by atoms with Crippen molar-refractivity contribution in [2.75, 3.05) is 30.5 Å². The molecule has 11 heteroatoms. The molecule has 0 radical (unpaired) electrons. The minimum Gasteiger partial charge on any atom is -0.496 e. The summed E-state index contributed by atoms with van der Waals surface area (Å²) in [6.07, 6.45) is -1.61. The van der Waals surface area contributed by atoms with Gasteiger partial charge in [-0.2, -0.15) is 4.98 Å². The van der Waals surface area contributed by atoms with Crippen LogP contribution in [-0.2, 0) is 0 Å². The molecule has 1 N–H and O–H groups in total. The molecule has 2 aromatic carbocycles. The summed E-state index contributed by atoms with van der Waals surface area (Å²) in [6, 6.07) is 15.4. The van der Waals surface area contributed by atoms with Gasteiger partial charge in [0.2, 0.25) is 5.95 Å². The number of methoxy groups -OCH3 is 1. The van der Waals surface area contributed by atoms with Gasteiger partial charge in [0.1, 0.15) is 12.4 Å². The smallest absolute Gasteiger partial charge is 0.496 e. The number of para-hydroxylation sites is 2. The first kappa shape index (κ1) is 24.2. The molecule has 0 amide bonds. The number of alkyl halides is 3. The number of hydrogen-bond acceptors (Lipinski definition) is 8. The normalized spacial score (nSPS) is 12.9. The van der Waals surface area contributed by atoms with E-state index in [1.165, 1.54) is 24.4 Å². The lowest BCUT2D eigenvalue weighted by Crippen LogP contribution is -2.31. The summed E-state index contributed by atoms with van der Waals surface area (Å²) in [6.45, 7) is 2.44. The Hall–Kier alpha value is -4.54. The monoisotopic (exact) mass is 509 g/mol. The third-order valence-electron chi connectivity index (χ3n) is 5.61. The number of aromatic nitrogens is 3. The topological polar surface area (TPSA) is 81.6 Å². The Morgan fingerprint density at radius 3 is 2.65 bits per heavy atom. The van der Waals surface area contributed by atoms with Crippen molar-refractivity contribution in [3.8, 4) is 28.4 Å². The summed E-state index contributed by atoms with van der Waals surface area (Å²) >= 11 is 0. The molecule has 8 nitrogen and oxygen atoms in total. The largest absolute Gasteiger partial charge is 0.573 e. The van der Waals surface area contributed by atoms with E-state index in [0.717, 1.165) is 16.8 Å². The van der Waals surface area contributed by atoms with E-state index in [1.807, 2.05) is 37.3 Å². The highest BCUT2D eigenvalue weighted by molar-refractivity contribution is 5.75. The quantitative estimate of drug-likeness (QED) is 0.338. The molecule has 1 aliphatic heterocycles. The first-order valence-corrected chi connectivity index (χ1v) is 11.3. The minimum absolute atomic E-state index is 0.215. The van der Waals surface area contributed by atoms with Crippen LogP contribution in [0.2, 0.25) is 0 Å². The summed E-state index contributed by atoms with van der Waals surface area (Å²) in [5.41, 5.74) is 3.63. The number of pyridine rings is 1. The zero-order valence-corrected chi connectivity index (χ0v) is 19.9. The Morgan fingerprint density at radius 1 is 1.03 bits per heavy atom. The van der Waals surface area contributed by atoms with Crippen LogP contribution in [0.3, 0.4) is 0 Å². The van der Waals surface area contributed by atoms with Gasteiger partial charge in [-0.25, -0.2) is 4.98 Å². The van der Waals surface area contributed by atoms with Crippen LogP contribution in [0.25, 0.3) is 11.1 Å². The average molecular weight is 509 g/mol. The van der Waals surface area contributed by atoms with E-state index >= 15 is 0 Å². The number of halogens is 3. The third kappa shape index (κ3) is 5.35. The third-order valence-corrected chi connectivity index (χ3v) is 5.61. The first-order valence-electron chi connectivity index (χ1n) is 11.3. The van der Waals surface area contributed by atoms with Gasteiger partial charge < -0.3 is 24.4 Å². The number of fused-ring (bicyclic) bond motifs is 1. The van der Waals surface area contributed by atoms with Crippen LogP contribution in [0.4, 0.5) is 36.3 Å².